The van der Waals surface area contributed by atoms with Crippen LogP contribution in [0, 0.1) is 6.92 Å². The molecule has 0 amide bonds. The third kappa shape index (κ3) is 10.9. The summed E-state index contributed by atoms with van der Waals surface area (Å²) >= 11 is 1.62. The summed E-state index contributed by atoms with van der Waals surface area (Å²) in [6.07, 6.45) is 7.42. The standard InChI is InChI=1S/C22H20F2O4S.C4H6O2.C2H6/c1-14-17(12-20(27-14)21(25)26-2)13-29-19-10-7-16(8-11-19)15-4-3-5-18(9-6-15)28-22(23)24;1-3(2)4(5)6;1-2/h4-12,22H,3,13H2,1-2H3;1H2,2H3,(H,5,6);1-2H3. The summed E-state index contributed by atoms with van der Waals surface area (Å²) in [5, 5.41) is 7.89. The number of ether oxygens (including phenoxy) is 2. The summed E-state index contributed by atoms with van der Waals surface area (Å²) in [7, 11) is 1.32. The second kappa shape index (κ2) is 16.2. The van der Waals surface area contributed by atoms with Gasteiger partial charge in [-0.15, -0.1) is 11.8 Å². The molecule has 0 bridgehead atoms. The van der Waals surface area contributed by atoms with Crippen LogP contribution in [0.5, 0.6) is 0 Å². The number of carboxylic acid groups (broad SMARTS) is 1. The van der Waals surface area contributed by atoms with E-state index in [4.69, 9.17) is 9.52 Å². The molecular formula is C28H32F2O6S. The zero-order valence-electron chi connectivity index (χ0n) is 21.5. The minimum Gasteiger partial charge on any atom is -0.478 e. The number of methoxy groups -OCH3 is 1. The molecule has 200 valence electrons. The number of aryl methyl sites for hydroxylation is 1. The molecule has 0 saturated heterocycles. The number of thioether (sulfide) groups is 1. The molecule has 9 heteroatoms. The number of allylic oxidation sites excluding steroid dienone is 5. The van der Waals surface area contributed by atoms with Crippen LogP contribution in [0.25, 0.3) is 5.57 Å². The molecule has 0 aliphatic heterocycles. The lowest BCUT2D eigenvalue weighted by Gasteiger charge is -2.05. The molecule has 1 N–H and O–H groups in total. The van der Waals surface area contributed by atoms with Gasteiger partial charge in [0.15, 0.2) is 0 Å². The van der Waals surface area contributed by atoms with E-state index in [0.29, 0.717) is 17.9 Å². The number of carboxylic acids is 1. The van der Waals surface area contributed by atoms with Gasteiger partial charge in [-0.1, -0.05) is 44.7 Å². The van der Waals surface area contributed by atoms with Gasteiger partial charge in [0.1, 0.15) is 11.5 Å². The van der Waals surface area contributed by atoms with Crippen molar-refractivity contribution in [3.8, 4) is 0 Å². The van der Waals surface area contributed by atoms with Gasteiger partial charge in [-0.3, -0.25) is 0 Å². The van der Waals surface area contributed by atoms with Crippen molar-refractivity contribution in [2.75, 3.05) is 7.11 Å². The molecule has 6 nitrogen and oxygen atoms in total. The van der Waals surface area contributed by atoms with Gasteiger partial charge in [-0.2, -0.15) is 8.78 Å². The smallest absolute Gasteiger partial charge is 0.387 e. The fourth-order valence-corrected chi connectivity index (χ4v) is 3.72. The number of furan rings is 1. The molecule has 37 heavy (non-hydrogen) atoms. The van der Waals surface area contributed by atoms with Crippen molar-refractivity contribution in [1.82, 2.24) is 0 Å². The predicted octanol–water partition coefficient (Wildman–Crippen LogP) is 7.81. The molecule has 1 aliphatic rings. The summed E-state index contributed by atoms with van der Waals surface area (Å²) in [6.45, 7) is 7.59. The van der Waals surface area contributed by atoms with E-state index in [1.54, 1.807) is 36.1 Å². The van der Waals surface area contributed by atoms with Gasteiger partial charge in [0.2, 0.25) is 5.76 Å². The van der Waals surface area contributed by atoms with Crippen LogP contribution in [0.4, 0.5) is 8.78 Å². The van der Waals surface area contributed by atoms with Gasteiger partial charge in [0.25, 0.3) is 0 Å². The lowest BCUT2D eigenvalue weighted by molar-refractivity contribution is -0.132. The van der Waals surface area contributed by atoms with Crippen molar-refractivity contribution in [3.63, 3.8) is 0 Å². The Morgan fingerprint density at radius 1 is 1.16 bits per heavy atom. The van der Waals surface area contributed by atoms with Crippen molar-refractivity contribution in [2.45, 2.75) is 51.4 Å². The van der Waals surface area contributed by atoms with E-state index in [2.05, 4.69) is 16.1 Å². The van der Waals surface area contributed by atoms with E-state index in [1.807, 2.05) is 51.1 Å². The molecule has 0 atom stereocenters. The summed E-state index contributed by atoms with van der Waals surface area (Å²) in [6, 6.07) is 9.68. The molecule has 3 rings (SSSR count). The molecule has 1 heterocycles. The highest BCUT2D eigenvalue weighted by Gasteiger charge is 2.15. The Morgan fingerprint density at radius 3 is 2.32 bits per heavy atom. The zero-order chi connectivity index (χ0) is 28.0. The first-order valence-electron chi connectivity index (χ1n) is 11.4. The van der Waals surface area contributed by atoms with Crippen LogP contribution in [0.2, 0.25) is 0 Å². The highest BCUT2D eigenvalue weighted by molar-refractivity contribution is 7.98. The number of rotatable bonds is 8. The first-order valence-corrected chi connectivity index (χ1v) is 12.4. The maximum atomic E-state index is 12.4. The maximum Gasteiger partial charge on any atom is 0.387 e. The minimum atomic E-state index is -2.83. The molecule has 1 aromatic heterocycles. The monoisotopic (exact) mass is 534 g/mol. The molecule has 1 aromatic carbocycles. The number of hydrogen-bond donors (Lipinski definition) is 1. The maximum absolute atomic E-state index is 12.4. The number of halogens is 2. The number of esters is 1. The van der Waals surface area contributed by atoms with Gasteiger partial charge in [-0.25, -0.2) is 9.59 Å². The highest BCUT2D eigenvalue weighted by Crippen LogP contribution is 2.29. The van der Waals surface area contributed by atoms with E-state index in [-0.39, 0.29) is 17.1 Å². The van der Waals surface area contributed by atoms with Gasteiger partial charge in [-0.05, 0) is 61.8 Å². The molecule has 0 radical (unpaired) electrons. The average molecular weight is 535 g/mol. The minimum absolute atomic E-state index is 0.167. The summed E-state index contributed by atoms with van der Waals surface area (Å²) in [5.41, 5.74) is 3.05. The quantitative estimate of drug-likeness (QED) is 0.210. The van der Waals surface area contributed by atoms with Gasteiger partial charge < -0.3 is 19.0 Å². The Labute approximate surface area is 220 Å². The number of carbonyl (C=O) groups is 2. The summed E-state index contributed by atoms with van der Waals surface area (Å²) in [4.78, 5) is 22.2. The van der Waals surface area contributed by atoms with E-state index in [0.717, 1.165) is 21.6 Å². The van der Waals surface area contributed by atoms with Crippen LogP contribution in [-0.4, -0.2) is 30.8 Å². The molecule has 1 aliphatic carbocycles. The fourth-order valence-electron chi connectivity index (χ4n) is 2.78. The summed E-state index contributed by atoms with van der Waals surface area (Å²) < 4.78 is 39.3. The Bertz CT molecular complexity index is 1130. The largest absolute Gasteiger partial charge is 0.478 e. The van der Waals surface area contributed by atoms with Crippen molar-refractivity contribution in [3.05, 3.63) is 95.2 Å². The SMILES string of the molecule is C=C(C)C(=O)O.CC.COC(=O)c1cc(CSc2ccc(C3=CCC=C(OC(F)F)C=C3)cc2)c(C)o1. The first kappa shape index (κ1) is 31.4. The predicted molar refractivity (Wildman–Crippen MR) is 141 cm³/mol. The van der Waals surface area contributed by atoms with E-state index < -0.39 is 18.6 Å². The van der Waals surface area contributed by atoms with E-state index in [9.17, 15) is 18.4 Å². The number of hydrogen-bond acceptors (Lipinski definition) is 6. The average Bonchev–Trinajstić information content (AvgIpc) is 3.10. The number of aliphatic carboxylic acids is 1. The van der Waals surface area contributed by atoms with Crippen LogP contribution in [-0.2, 0) is 20.0 Å². The lowest BCUT2D eigenvalue weighted by Crippen LogP contribution is -1.98. The Hall–Kier alpha value is -3.59. The third-order valence-electron chi connectivity index (χ3n) is 4.66. The number of alkyl halides is 2. The molecule has 0 fully saturated rings. The zero-order valence-corrected chi connectivity index (χ0v) is 22.4. The van der Waals surface area contributed by atoms with Gasteiger partial charge in [0, 0.05) is 21.8 Å². The van der Waals surface area contributed by atoms with Gasteiger partial charge in [0.05, 0.1) is 7.11 Å². The molecule has 0 saturated carbocycles. The van der Waals surface area contributed by atoms with Crippen LogP contribution >= 0.6 is 11.8 Å². The van der Waals surface area contributed by atoms with Crippen LogP contribution < -0.4 is 0 Å². The fraction of sp³-hybridized carbons (Fsp3) is 0.286. The molecule has 2 aromatic rings. The normalized spacial score (nSPS) is 12.1. The Kier molecular flexibility index (Phi) is 13.8. The highest BCUT2D eigenvalue weighted by atomic mass is 32.2. The number of benzene rings is 1. The lowest BCUT2D eigenvalue weighted by atomic mass is 10.1. The first-order chi connectivity index (χ1) is 17.6. The van der Waals surface area contributed by atoms with E-state index in [1.165, 1.54) is 14.0 Å². The Balaban J connectivity index is 0.000000752. The summed E-state index contributed by atoms with van der Waals surface area (Å²) in [5.74, 6) is 0.293. The Morgan fingerprint density at radius 2 is 1.78 bits per heavy atom. The second-order valence-electron chi connectivity index (χ2n) is 7.30. The van der Waals surface area contributed by atoms with Crippen molar-refractivity contribution in [2.24, 2.45) is 0 Å². The van der Waals surface area contributed by atoms with Gasteiger partial charge >= 0.3 is 18.6 Å². The van der Waals surface area contributed by atoms with Crippen molar-refractivity contribution < 1.29 is 37.4 Å². The molecular weight excluding hydrogens is 502 g/mol. The molecule has 0 unspecified atom stereocenters. The van der Waals surface area contributed by atoms with Crippen molar-refractivity contribution in [1.29, 1.82) is 0 Å². The van der Waals surface area contributed by atoms with Crippen molar-refractivity contribution >= 4 is 29.3 Å². The topological polar surface area (TPSA) is 86.0 Å². The van der Waals surface area contributed by atoms with Crippen LogP contribution in [0.1, 0.15) is 54.6 Å². The van der Waals surface area contributed by atoms with E-state index >= 15 is 0 Å². The second-order valence-corrected chi connectivity index (χ2v) is 8.34. The molecule has 0 spiro atoms. The number of carbonyl (C=O) groups excluding carboxylic acids is 1. The van der Waals surface area contributed by atoms with Crippen LogP contribution in [0.3, 0.4) is 0 Å². The van der Waals surface area contributed by atoms with Crippen LogP contribution in [0.15, 0.2) is 81.9 Å². The third-order valence-corrected chi connectivity index (χ3v) is 5.72.